The van der Waals surface area contributed by atoms with Crippen LogP contribution in [-0.4, -0.2) is 22.0 Å². The topological polar surface area (TPSA) is 52.8 Å². The molecule has 0 saturated carbocycles. The molecular formula is C27H21ClN2O3. The van der Waals surface area contributed by atoms with Crippen molar-refractivity contribution in [2.75, 3.05) is 6.61 Å². The van der Waals surface area contributed by atoms with E-state index in [2.05, 4.69) is 4.98 Å². The van der Waals surface area contributed by atoms with E-state index in [1.807, 2.05) is 83.4 Å². The highest BCUT2D eigenvalue weighted by molar-refractivity contribution is 6.31. The van der Waals surface area contributed by atoms with Crippen molar-refractivity contribution >= 4 is 34.1 Å². The maximum Gasteiger partial charge on any atom is 0.345 e. The molecule has 33 heavy (non-hydrogen) atoms. The summed E-state index contributed by atoms with van der Waals surface area (Å²) in [4.78, 5) is 17.6. The lowest BCUT2D eigenvalue weighted by molar-refractivity contribution is 0.0523. The highest BCUT2D eigenvalue weighted by Gasteiger charge is 2.25. The minimum absolute atomic E-state index is 0.254. The van der Waals surface area contributed by atoms with Crippen LogP contribution in [0.2, 0.25) is 5.02 Å². The number of nitrogens with zero attached hydrogens (tertiary/aromatic N) is 2. The van der Waals surface area contributed by atoms with Gasteiger partial charge in [-0.1, -0.05) is 66.2 Å². The molecule has 5 rings (SSSR count). The first kappa shape index (κ1) is 21.0. The van der Waals surface area contributed by atoms with Crippen LogP contribution in [0.25, 0.3) is 27.7 Å². The van der Waals surface area contributed by atoms with Gasteiger partial charge in [-0.05, 0) is 36.2 Å². The van der Waals surface area contributed by atoms with E-state index in [1.54, 1.807) is 13.1 Å². The SMILES string of the molecule is CCOC(=O)c1c(OCc2ccccc2)c2cccc(-c3cccc(Cl)c3)c2n2ccnc12. The lowest BCUT2D eigenvalue weighted by atomic mass is 10.00. The smallest absolute Gasteiger partial charge is 0.345 e. The number of benzene rings is 3. The Morgan fingerprint density at radius 1 is 1.03 bits per heavy atom. The van der Waals surface area contributed by atoms with Crippen LogP contribution < -0.4 is 4.74 Å². The standard InChI is InChI=1S/C27H21ClN2O3/c1-2-32-27(31)23-25(33-17-18-8-4-3-5-9-18)22-13-7-12-21(19-10-6-11-20(28)16-19)24(22)30-15-14-29-26(23)30/h3-16H,2,17H2,1H3. The average Bonchev–Trinajstić information content (AvgIpc) is 3.32. The molecule has 2 heterocycles. The average molecular weight is 457 g/mol. The number of esters is 1. The number of fused-ring (bicyclic) bond motifs is 3. The number of rotatable bonds is 6. The first-order valence-corrected chi connectivity index (χ1v) is 11.1. The van der Waals surface area contributed by atoms with Gasteiger partial charge in [0.15, 0.2) is 5.65 Å². The molecule has 0 aliphatic rings. The van der Waals surface area contributed by atoms with Gasteiger partial charge in [-0.15, -0.1) is 0 Å². The van der Waals surface area contributed by atoms with Crippen molar-refractivity contribution in [2.45, 2.75) is 13.5 Å². The molecule has 5 nitrogen and oxygen atoms in total. The van der Waals surface area contributed by atoms with Crippen molar-refractivity contribution < 1.29 is 14.3 Å². The fourth-order valence-corrected chi connectivity index (χ4v) is 4.24. The Balaban J connectivity index is 1.80. The summed E-state index contributed by atoms with van der Waals surface area (Å²) in [6.45, 7) is 2.34. The van der Waals surface area contributed by atoms with Crippen molar-refractivity contribution in [1.82, 2.24) is 9.38 Å². The molecule has 164 valence electrons. The second-order valence-corrected chi connectivity index (χ2v) is 7.97. The molecule has 0 unspecified atom stereocenters. The maximum atomic E-state index is 13.1. The zero-order chi connectivity index (χ0) is 22.8. The quantitative estimate of drug-likeness (QED) is 0.271. The molecule has 3 aromatic carbocycles. The number of imidazole rings is 1. The number of aromatic nitrogens is 2. The first-order chi connectivity index (χ1) is 16.2. The Bertz CT molecular complexity index is 1460. The van der Waals surface area contributed by atoms with E-state index < -0.39 is 5.97 Å². The number of halogens is 1. The minimum atomic E-state index is -0.466. The third-order valence-electron chi connectivity index (χ3n) is 5.45. The Labute approximate surface area is 196 Å². The molecule has 0 aliphatic carbocycles. The summed E-state index contributed by atoms with van der Waals surface area (Å²) >= 11 is 6.29. The van der Waals surface area contributed by atoms with E-state index in [4.69, 9.17) is 21.1 Å². The van der Waals surface area contributed by atoms with E-state index in [9.17, 15) is 4.79 Å². The highest BCUT2D eigenvalue weighted by atomic mass is 35.5. The van der Waals surface area contributed by atoms with E-state index >= 15 is 0 Å². The number of para-hydroxylation sites is 1. The molecule has 2 aromatic heterocycles. The third-order valence-corrected chi connectivity index (χ3v) is 5.69. The normalized spacial score (nSPS) is 11.1. The molecule has 0 radical (unpaired) electrons. The summed E-state index contributed by atoms with van der Waals surface area (Å²) in [6, 6.07) is 23.5. The van der Waals surface area contributed by atoms with Crippen molar-refractivity contribution in [2.24, 2.45) is 0 Å². The summed E-state index contributed by atoms with van der Waals surface area (Å²) in [5.41, 5.74) is 4.59. The Hall–Kier alpha value is -3.83. The molecule has 5 aromatic rings. The lowest BCUT2D eigenvalue weighted by Crippen LogP contribution is -2.11. The van der Waals surface area contributed by atoms with E-state index in [1.165, 1.54) is 0 Å². The summed E-state index contributed by atoms with van der Waals surface area (Å²) in [5, 5.41) is 1.44. The van der Waals surface area contributed by atoms with Gasteiger partial charge in [0.2, 0.25) is 0 Å². The number of carbonyl (C=O) groups excluding carboxylic acids is 1. The Kier molecular flexibility index (Phi) is 5.71. The van der Waals surface area contributed by atoms with Crippen molar-refractivity contribution in [3.05, 3.63) is 101 Å². The van der Waals surface area contributed by atoms with Crippen LogP contribution in [0.3, 0.4) is 0 Å². The minimum Gasteiger partial charge on any atom is -0.487 e. The van der Waals surface area contributed by atoms with E-state index in [0.29, 0.717) is 28.6 Å². The number of ether oxygens (including phenoxy) is 2. The largest absolute Gasteiger partial charge is 0.487 e. The highest BCUT2D eigenvalue weighted by Crippen LogP contribution is 2.39. The predicted octanol–water partition coefficient (Wildman–Crippen LogP) is 6.56. The van der Waals surface area contributed by atoms with Crippen LogP contribution in [0, 0.1) is 0 Å². The van der Waals surface area contributed by atoms with Gasteiger partial charge in [0.25, 0.3) is 0 Å². The maximum absolute atomic E-state index is 13.1. The van der Waals surface area contributed by atoms with Gasteiger partial charge >= 0.3 is 5.97 Å². The summed E-state index contributed by atoms with van der Waals surface area (Å²) in [6.07, 6.45) is 3.52. The Morgan fingerprint density at radius 2 is 1.85 bits per heavy atom. The van der Waals surface area contributed by atoms with Gasteiger partial charge in [0.1, 0.15) is 17.9 Å². The van der Waals surface area contributed by atoms with Crippen molar-refractivity contribution in [3.63, 3.8) is 0 Å². The molecule has 0 atom stereocenters. The van der Waals surface area contributed by atoms with Gasteiger partial charge in [-0.25, -0.2) is 9.78 Å². The second kappa shape index (κ2) is 8.96. The van der Waals surface area contributed by atoms with Gasteiger partial charge in [-0.3, -0.25) is 4.40 Å². The first-order valence-electron chi connectivity index (χ1n) is 10.7. The van der Waals surface area contributed by atoms with Crippen molar-refractivity contribution in [1.29, 1.82) is 0 Å². The van der Waals surface area contributed by atoms with Gasteiger partial charge in [0.05, 0.1) is 12.1 Å². The number of carbonyl (C=O) groups is 1. The zero-order valence-corrected chi connectivity index (χ0v) is 18.8. The van der Waals surface area contributed by atoms with Crippen LogP contribution in [0.4, 0.5) is 0 Å². The summed E-state index contributed by atoms with van der Waals surface area (Å²) < 4.78 is 13.6. The lowest BCUT2D eigenvalue weighted by Gasteiger charge is -2.18. The van der Waals surface area contributed by atoms with E-state index in [0.717, 1.165) is 27.6 Å². The third kappa shape index (κ3) is 3.92. The Morgan fingerprint density at radius 3 is 2.64 bits per heavy atom. The van der Waals surface area contributed by atoms with Crippen LogP contribution in [-0.2, 0) is 11.3 Å². The number of hydrogen-bond donors (Lipinski definition) is 0. The van der Waals surface area contributed by atoms with Gasteiger partial charge in [-0.2, -0.15) is 0 Å². The molecule has 0 N–H and O–H groups in total. The van der Waals surface area contributed by atoms with Crippen LogP contribution in [0.1, 0.15) is 22.8 Å². The predicted molar refractivity (Wildman–Crippen MR) is 130 cm³/mol. The monoisotopic (exact) mass is 456 g/mol. The summed E-state index contributed by atoms with van der Waals surface area (Å²) in [5.74, 6) is -0.0123. The summed E-state index contributed by atoms with van der Waals surface area (Å²) in [7, 11) is 0. The van der Waals surface area contributed by atoms with Crippen LogP contribution in [0.5, 0.6) is 5.75 Å². The molecule has 0 saturated heterocycles. The second-order valence-electron chi connectivity index (χ2n) is 7.53. The number of hydrogen-bond acceptors (Lipinski definition) is 4. The van der Waals surface area contributed by atoms with Crippen LogP contribution >= 0.6 is 11.6 Å². The molecule has 0 spiro atoms. The molecular weight excluding hydrogens is 436 g/mol. The zero-order valence-electron chi connectivity index (χ0n) is 18.0. The fraction of sp³-hybridized carbons (Fsp3) is 0.111. The fourth-order valence-electron chi connectivity index (χ4n) is 4.05. The number of pyridine rings is 1. The molecule has 0 fully saturated rings. The van der Waals surface area contributed by atoms with Gasteiger partial charge in [0, 0.05) is 28.4 Å². The molecule has 0 bridgehead atoms. The van der Waals surface area contributed by atoms with E-state index in [-0.39, 0.29) is 6.61 Å². The van der Waals surface area contributed by atoms with Crippen molar-refractivity contribution in [3.8, 4) is 16.9 Å². The van der Waals surface area contributed by atoms with Crippen LogP contribution in [0.15, 0.2) is 85.2 Å². The van der Waals surface area contributed by atoms with Gasteiger partial charge < -0.3 is 9.47 Å². The molecule has 0 aliphatic heterocycles. The molecule has 6 heteroatoms. The molecule has 0 amide bonds.